The molecular formula is C16H21N7O2. The molecule has 0 aromatic carbocycles. The van der Waals surface area contributed by atoms with Crippen LogP contribution in [0.2, 0.25) is 0 Å². The molecule has 1 N–H and O–H groups in total. The summed E-state index contributed by atoms with van der Waals surface area (Å²) >= 11 is 0. The molecule has 0 spiro atoms. The molecule has 0 atom stereocenters. The van der Waals surface area contributed by atoms with Crippen molar-refractivity contribution < 1.29 is 9.59 Å². The lowest BCUT2D eigenvalue weighted by molar-refractivity contribution is -0.130. The number of aryl methyl sites for hydroxylation is 2. The zero-order valence-corrected chi connectivity index (χ0v) is 14.3. The molecule has 1 aliphatic heterocycles. The Kier molecular flexibility index (Phi) is 4.92. The summed E-state index contributed by atoms with van der Waals surface area (Å²) in [6, 6.07) is 3.47. The molecule has 0 saturated carbocycles. The van der Waals surface area contributed by atoms with E-state index in [4.69, 9.17) is 0 Å². The van der Waals surface area contributed by atoms with Gasteiger partial charge in [0.15, 0.2) is 0 Å². The van der Waals surface area contributed by atoms with Crippen LogP contribution in [0.1, 0.15) is 16.2 Å². The highest BCUT2D eigenvalue weighted by Crippen LogP contribution is 2.09. The van der Waals surface area contributed by atoms with Crippen molar-refractivity contribution in [1.29, 1.82) is 0 Å². The average molecular weight is 343 g/mol. The molecule has 25 heavy (non-hydrogen) atoms. The van der Waals surface area contributed by atoms with Crippen LogP contribution in [0.3, 0.4) is 0 Å². The molecule has 3 rings (SSSR count). The Morgan fingerprint density at radius 3 is 2.44 bits per heavy atom. The Labute approximate surface area is 145 Å². The van der Waals surface area contributed by atoms with E-state index in [1.54, 1.807) is 36.5 Å². The van der Waals surface area contributed by atoms with Crippen LogP contribution in [0, 0.1) is 6.92 Å². The van der Waals surface area contributed by atoms with Crippen molar-refractivity contribution in [1.82, 2.24) is 30.0 Å². The van der Waals surface area contributed by atoms with Gasteiger partial charge in [-0.05, 0) is 19.1 Å². The number of hydrogen-bond acceptors (Lipinski definition) is 6. The number of rotatable bonds is 4. The van der Waals surface area contributed by atoms with Gasteiger partial charge in [-0.15, -0.1) is 0 Å². The number of hydrogen-bond donors (Lipinski definition) is 1. The molecule has 0 unspecified atom stereocenters. The second kappa shape index (κ2) is 7.29. The fraction of sp³-hybridized carbons (Fsp3) is 0.438. The normalized spacial score (nSPS) is 14.5. The van der Waals surface area contributed by atoms with Crippen molar-refractivity contribution in [3.8, 4) is 0 Å². The lowest BCUT2D eigenvalue weighted by Gasteiger charge is -2.34. The molecule has 9 nitrogen and oxygen atoms in total. The van der Waals surface area contributed by atoms with E-state index in [1.165, 1.54) is 4.68 Å². The van der Waals surface area contributed by atoms with Crippen LogP contribution in [0.4, 0.5) is 5.95 Å². The van der Waals surface area contributed by atoms with Crippen molar-refractivity contribution in [3.63, 3.8) is 0 Å². The molecule has 1 saturated heterocycles. The van der Waals surface area contributed by atoms with E-state index in [2.05, 4.69) is 20.4 Å². The van der Waals surface area contributed by atoms with Crippen LogP contribution >= 0.6 is 0 Å². The van der Waals surface area contributed by atoms with Gasteiger partial charge in [-0.2, -0.15) is 5.10 Å². The standard InChI is InChI=1S/C16H21N7O2/c1-12-10-13(21(2)20-12)15(25)19-11-14(24)22-6-8-23(9-7-22)16-17-4-3-5-18-16/h3-5,10H,6-9,11H2,1-2H3,(H,19,25). The molecule has 1 aliphatic rings. The molecule has 1 fully saturated rings. The van der Waals surface area contributed by atoms with Gasteiger partial charge in [0.1, 0.15) is 5.69 Å². The van der Waals surface area contributed by atoms with Gasteiger partial charge in [0.25, 0.3) is 5.91 Å². The van der Waals surface area contributed by atoms with Gasteiger partial charge in [0.2, 0.25) is 11.9 Å². The molecule has 2 aromatic heterocycles. The first kappa shape index (κ1) is 16.9. The lowest BCUT2D eigenvalue weighted by Crippen LogP contribution is -2.51. The molecule has 132 valence electrons. The van der Waals surface area contributed by atoms with Crippen molar-refractivity contribution in [2.75, 3.05) is 37.6 Å². The van der Waals surface area contributed by atoms with Crippen LogP contribution in [-0.4, -0.2) is 69.2 Å². The zero-order valence-electron chi connectivity index (χ0n) is 14.3. The number of nitrogens with one attached hydrogen (secondary N) is 1. The zero-order chi connectivity index (χ0) is 17.8. The fourth-order valence-electron chi connectivity index (χ4n) is 2.79. The third kappa shape index (κ3) is 3.93. The molecule has 0 radical (unpaired) electrons. The Morgan fingerprint density at radius 1 is 1.16 bits per heavy atom. The van der Waals surface area contributed by atoms with Gasteiger partial charge in [0.05, 0.1) is 12.2 Å². The Balaban J connectivity index is 1.48. The van der Waals surface area contributed by atoms with Gasteiger partial charge in [-0.3, -0.25) is 14.3 Å². The van der Waals surface area contributed by atoms with Crippen LogP contribution in [-0.2, 0) is 11.8 Å². The van der Waals surface area contributed by atoms with Gasteiger partial charge >= 0.3 is 0 Å². The average Bonchev–Trinajstić information content (AvgIpc) is 2.98. The van der Waals surface area contributed by atoms with Crippen LogP contribution in [0.15, 0.2) is 24.5 Å². The van der Waals surface area contributed by atoms with Gasteiger partial charge in [0, 0.05) is 45.6 Å². The minimum absolute atomic E-state index is 0.0229. The second-order valence-electron chi connectivity index (χ2n) is 5.89. The molecular weight excluding hydrogens is 322 g/mol. The smallest absolute Gasteiger partial charge is 0.269 e. The highest BCUT2D eigenvalue weighted by molar-refractivity contribution is 5.95. The molecule has 3 heterocycles. The maximum atomic E-state index is 12.3. The summed E-state index contributed by atoms with van der Waals surface area (Å²) in [5.74, 6) is 0.281. The quantitative estimate of drug-likeness (QED) is 0.811. The number of carbonyl (C=O) groups excluding carboxylic acids is 2. The van der Waals surface area contributed by atoms with Crippen molar-refractivity contribution in [2.45, 2.75) is 6.92 Å². The summed E-state index contributed by atoms with van der Waals surface area (Å²) < 4.78 is 1.51. The molecule has 0 bridgehead atoms. The maximum absolute atomic E-state index is 12.3. The van der Waals surface area contributed by atoms with Gasteiger partial charge in [-0.25, -0.2) is 9.97 Å². The van der Waals surface area contributed by atoms with Gasteiger partial charge < -0.3 is 15.1 Å². The van der Waals surface area contributed by atoms with Crippen LogP contribution < -0.4 is 10.2 Å². The summed E-state index contributed by atoms with van der Waals surface area (Å²) in [5.41, 5.74) is 1.20. The third-order valence-corrected chi connectivity index (χ3v) is 4.10. The third-order valence-electron chi connectivity index (χ3n) is 4.10. The highest BCUT2D eigenvalue weighted by atomic mass is 16.2. The van der Waals surface area contributed by atoms with Crippen LogP contribution in [0.25, 0.3) is 0 Å². The van der Waals surface area contributed by atoms with E-state index in [1.807, 2.05) is 11.8 Å². The highest BCUT2D eigenvalue weighted by Gasteiger charge is 2.23. The fourth-order valence-corrected chi connectivity index (χ4v) is 2.79. The number of anilines is 1. The number of nitrogens with zero attached hydrogens (tertiary/aromatic N) is 6. The number of carbonyl (C=O) groups is 2. The minimum atomic E-state index is -0.298. The number of aromatic nitrogens is 4. The first-order valence-electron chi connectivity index (χ1n) is 8.13. The van der Waals surface area contributed by atoms with E-state index in [9.17, 15) is 9.59 Å². The number of amides is 2. The summed E-state index contributed by atoms with van der Waals surface area (Å²) in [5, 5.41) is 6.79. The first-order chi connectivity index (χ1) is 12.0. The Hall–Kier alpha value is -2.97. The minimum Gasteiger partial charge on any atom is -0.342 e. The molecule has 9 heteroatoms. The topological polar surface area (TPSA) is 96.3 Å². The van der Waals surface area contributed by atoms with E-state index in [0.717, 1.165) is 5.69 Å². The summed E-state index contributed by atoms with van der Waals surface area (Å²) in [4.78, 5) is 36.7. The Morgan fingerprint density at radius 2 is 1.84 bits per heavy atom. The molecule has 2 aromatic rings. The van der Waals surface area contributed by atoms with Crippen molar-refractivity contribution >= 4 is 17.8 Å². The predicted molar refractivity (Wildman–Crippen MR) is 91.1 cm³/mol. The largest absolute Gasteiger partial charge is 0.342 e. The number of piperazine rings is 1. The predicted octanol–water partition coefficient (Wildman–Crippen LogP) is -0.403. The second-order valence-corrected chi connectivity index (χ2v) is 5.89. The summed E-state index contributed by atoms with van der Waals surface area (Å²) in [6.07, 6.45) is 3.41. The van der Waals surface area contributed by atoms with E-state index < -0.39 is 0 Å². The van der Waals surface area contributed by atoms with Crippen LogP contribution in [0.5, 0.6) is 0 Å². The van der Waals surface area contributed by atoms with E-state index in [0.29, 0.717) is 37.8 Å². The monoisotopic (exact) mass is 343 g/mol. The lowest BCUT2D eigenvalue weighted by atomic mass is 10.3. The summed E-state index contributed by atoms with van der Waals surface area (Å²) in [6.45, 7) is 4.30. The van der Waals surface area contributed by atoms with E-state index >= 15 is 0 Å². The van der Waals surface area contributed by atoms with Crippen molar-refractivity contribution in [3.05, 3.63) is 35.9 Å². The molecule has 0 aliphatic carbocycles. The maximum Gasteiger partial charge on any atom is 0.269 e. The Bertz CT molecular complexity index is 751. The van der Waals surface area contributed by atoms with Gasteiger partial charge in [-0.1, -0.05) is 0 Å². The summed E-state index contributed by atoms with van der Waals surface area (Å²) in [7, 11) is 1.70. The molecule has 2 amide bonds. The SMILES string of the molecule is Cc1cc(C(=O)NCC(=O)N2CCN(c3ncccn3)CC2)n(C)n1. The van der Waals surface area contributed by atoms with Crippen molar-refractivity contribution in [2.24, 2.45) is 7.05 Å². The van der Waals surface area contributed by atoms with E-state index in [-0.39, 0.29) is 18.4 Å². The first-order valence-corrected chi connectivity index (χ1v) is 8.13.